The molecule has 2 aromatic carbocycles. The Morgan fingerprint density at radius 1 is 1.07 bits per heavy atom. The van der Waals surface area contributed by atoms with Crippen molar-refractivity contribution in [3.05, 3.63) is 48.0 Å². The van der Waals surface area contributed by atoms with Crippen LogP contribution in [0.15, 0.2) is 47.4 Å². The van der Waals surface area contributed by atoms with Gasteiger partial charge in [-0.1, -0.05) is 19.9 Å². The van der Waals surface area contributed by atoms with Crippen LogP contribution in [0.4, 0.5) is 5.69 Å². The minimum Gasteiger partial charge on any atom is -0.506 e. The van der Waals surface area contributed by atoms with Gasteiger partial charge in [0.1, 0.15) is 5.75 Å². The summed E-state index contributed by atoms with van der Waals surface area (Å²) < 4.78 is 37.0. The molecule has 2 N–H and O–H groups in total. The molecule has 9 heteroatoms. The maximum Gasteiger partial charge on any atom is 0.248 e. The number of anilines is 1. The van der Waals surface area contributed by atoms with Crippen LogP contribution in [0.5, 0.6) is 17.2 Å². The molecule has 1 amide bonds. The molecule has 2 aromatic rings. The number of phenols is 1. The highest BCUT2D eigenvalue weighted by Gasteiger charge is 2.22. The van der Waals surface area contributed by atoms with Gasteiger partial charge in [-0.15, -0.1) is 0 Å². The van der Waals surface area contributed by atoms with E-state index >= 15 is 0 Å². The number of hydrogen-bond donors (Lipinski definition) is 2. The second-order valence-electron chi connectivity index (χ2n) is 6.21. The van der Waals surface area contributed by atoms with Gasteiger partial charge < -0.3 is 19.9 Å². The van der Waals surface area contributed by atoms with Gasteiger partial charge in [0.2, 0.25) is 15.9 Å². The lowest BCUT2D eigenvalue weighted by atomic mass is 10.2. The molecule has 0 aliphatic heterocycles. The van der Waals surface area contributed by atoms with Crippen LogP contribution in [0.3, 0.4) is 0 Å². The van der Waals surface area contributed by atoms with Gasteiger partial charge in [-0.25, -0.2) is 8.42 Å². The monoisotopic (exact) mass is 434 g/mol. The molecule has 0 unspecified atom stereocenters. The first-order valence-corrected chi connectivity index (χ1v) is 10.7. The van der Waals surface area contributed by atoms with Gasteiger partial charge in [0.25, 0.3) is 0 Å². The number of carbonyl (C=O) groups is 1. The van der Waals surface area contributed by atoms with E-state index in [2.05, 4.69) is 5.32 Å². The SMILES string of the molecule is CCN(CC)S(=O)(=O)c1ccc(O)c(NC(=O)/C=C/c2ccc(OC)c(OC)c2)c1. The Balaban J connectivity index is 2.22. The lowest BCUT2D eigenvalue weighted by Gasteiger charge is -2.19. The first-order chi connectivity index (χ1) is 14.3. The first kappa shape index (κ1) is 23.2. The van der Waals surface area contributed by atoms with Gasteiger partial charge in [-0.3, -0.25) is 4.79 Å². The summed E-state index contributed by atoms with van der Waals surface area (Å²) in [6.45, 7) is 4.11. The van der Waals surface area contributed by atoms with Crippen LogP contribution in [0, 0.1) is 0 Å². The van der Waals surface area contributed by atoms with Crippen molar-refractivity contribution in [3.63, 3.8) is 0 Å². The Labute approximate surface area is 176 Å². The number of aromatic hydroxyl groups is 1. The topological polar surface area (TPSA) is 105 Å². The predicted molar refractivity (Wildman–Crippen MR) is 115 cm³/mol. The van der Waals surface area contributed by atoms with Crippen molar-refractivity contribution in [2.24, 2.45) is 0 Å². The molecule has 0 aromatic heterocycles. The third-order valence-corrected chi connectivity index (χ3v) is 6.45. The van der Waals surface area contributed by atoms with Gasteiger partial charge in [0.15, 0.2) is 11.5 Å². The Morgan fingerprint density at radius 2 is 1.73 bits per heavy atom. The van der Waals surface area contributed by atoms with Crippen molar-refractivity contribution < 1.29 is 27.8 Å². The summed E-state index contributed by atoms with van der Waals surface area (Å²) in [6.07, 6.45) is 2.83. The minimum atomic E-state index is -3.72. The summed E-state index contributed by atoms with van der Waals surface area (Å²) in [4.78, 5) is 12.3. The average Bonchev–Trinajstić information content (AvgIpc) is 2.74. The number of amides is 1. The van der Waals surface area contributed by atoms with Crippen LogP contribution in [0.25, 0.3) is 6.08 Å². The van der Waals surface area contributed by atoms with Crippen molar-refractivity contribution in [3.8, 4) is 17.2 Å². The zero-order valence-corrected chi connectivity index (χ0v) is 18.2. The van der Waals surface area contributed by atoms with E-state index in [-0.39, 0.29) is 16.3 Å². The summed E-state index contributed by atoms with van der Waals surface area (Å²) in [6, 6.07) is 8.95. The van der Waals surface area contributed by atoms with Crippen LogP contribution in [-0.4, -0.2) is 51.0 Å². The molecule has 2 rings (SSSR count). The number of benzene rings is 2. The molecule has 0 saturated heterocycles. The molecule has 0 fully saturated rings. The maximum atomic E-state index is 12.7. The van der Waals surface area contributed by atoms with Crippen molar-refractivity contribution in [2.45, 2.75) is 18.7 Å². The van der Waals surface area contributed by atoms with Crippen LogP contribution < -0.4 is 14.8 Å². The first-order valence-electron chi connectivity index (χ1n) is 9.31. The minimum absolute atomic E-state index is 0.00481. The second-order valence-corrected chi connectivity index (χ2v) is 8.14. The molecular formula is C21H26N2O6S. The standard InChI is InChI=1S/C21H26N2O6S/c1-5-23(6-2)30(26,27)16-9-10-18(24)17(14-16)22-21(25)12-8-15-7-11-19(28-3)20(13-15)29-4/h7-14,24H,5-6H2,1-4H3,(H,22,25)/b12-8+. The van der Waals surface area contributed by atoms with E-state index in [0.717, 1.165) is 0 Å². The van der Waals surface area contributed by atoms with Crippen molar-refractivity contribution in [1.29, 1.82) is 0 Å². The van der Waals surface area contributed by atoms with E-state index < -0.39 is 15.9 Å². The van der Waals surface area contributed by atoms with E-state index in [4.69, 9.17) is 9.47 Å². The summed E-state index contributed by atoms with van der Waals surface area (Å²) in [7, 11) is -0.675. The highest BCUT2D eigenvalue weighted by molar-refractivity contribution is 7.89. The summed E-state index contributed by atoms with van der Waals surface area (Å²) in [5.74, 6) is 0.320. The molecule has 30 heavy (non-hydrogen) atoms. The number of nitrogens with zero attached hydrogens (tertiary/aromatic N) is 1. The van der Waals surface area contributed by atoms with Gasteiger partial charge in [0.05, 0.1) is 24.8 Å². The normalized spacial score (nSPS) is 11.6. The highest BCUT2D eigenvalue weighted by Crippen LogP contribution is 2.29. The van der Waals surface area contributed by atoms with Crippen molar-refractivity contribution >= 4 is 27.7 Å². The summed E-state index contributed by atoms with van der Waals surface area (Å²) in [5.41, 5.74) is 0.704. The summed E-state index contributed by atoms with van der Waals surface area (Å²) in [5, 5.41) is 12.5. The molecular weight excluding hydrogens is 408 g/mol. The number of methoxy groups -OCH3 is 2. The molecule has 0 radical (unpaired) electrons. The molecule has 0 saturated carbocycles. The van der Waals surface area contributed by atoms with Crippen LogP contribution in [-0.2, 0) is 14.8 Å². The largest absolute Gasteiger partial charge is 0.506 e. The number of nitrogens with one attached hydrogen (secondary N) is 1. The third kappa shape index (κ3) is 5.31. The Hall–Kier alpha value is -3.04. The number of sulfonamides is 1. The fourth-order valence-electron chi connectivity index (χ4n) is 2.79. The van der Waals surface area contributed by atoms with Crippen LogP contribution >= 0.6 is 0 Å². The zero-order chi connectivity index (χ0) is 22.3. The van der Waals surface area contributed by atoms with Gasteiger partial charge in [-0.2, -0.15) is 4.31 Å². The Kier molecular flexibility index (Phi) is 7.85. The Bertz CT molecular complexity index is 1030. The number of hydrogen-bond acceptors (Lipinski definition) is 6. The molecule has 8 nitrogen and oxygen atoms in total. The third-order valence-electron chi connectivity index (χ3n) is 4.40. The van der Waals surface area contributed by atoms with E-state index in [9.17, 15) is 18.3 Å². The summed E-state index contributed by atoms with van der Waals surface area (Å²) >= 11 is 0. The number of phenolic OH excluding ortho intramolecular Hbond substituents is 1. The molecule has 0 heterocycles. The fourth-order valence-corrected chi connectivity index (χ4v) is 4.28. The smallest absolute Gasteiger partial charge is 0.248 e. The zero-order valence-electron chi connectivity index (χ0n) is 17.4. The van der Waals surface area contributed by atoms with Crippen LogP contribution in [0.1, 0.15) is 19.4 Å². The van der Waals surface area contributed by atoms with Crippen LogP contribution in [0.2, 0.25) is 0 Å². The van der Waals surface area contributed by atoms with Gasteiger partial charge in [-0.05, 0) is 42.0 Å². The van der Waals surface area contributed by atoms with E-state index in [1.54, 1.807) is 38.1 Å². The number of ether oxygens (including phenoxy) is 2. The van der Waals surface area contributed by atoms with Crippen molar-refractivity contribution in [1.82, 2.24) is 4.31 Å². The van der Waals surface area contributed by atoms with Gasteiger partial charge >= 0.3 is 0 Å². The fraction of sp³-hybridized carbons (Fsp3) is 0.286. The lowest BCUT2D eigenvalue weighted by molar-refractivity contribution is -0.111. The lowest BCUT2D eigenvalue weighted by Crippen LogP contribution is -2.30. The van der Waals surface area contributed by atoms with E-state index in [0.29, 0.717) is 30.2 Å². The van der Waals surface area contributed by atoms with Gasteiger partial charge in [0, 0.05) is 19.2 Å². The molecule has 0 bridgehead atoms. The quantitative estimate of drug-likeness (QED) is 0.464. The highest BCUT2D eigenvalue weighted by atomic mass is 32.2. The van der Waals surface area contributed by atoms with E-state index in [1.165, 1.54) is 42.8 Å². The van der Waals surface area contributed by atoms with Crippen molar-refractivity contribution in [2.75, 3.05) is 32.6 Å². The molecule has 0 spiro atoms. The number of rotatable bonds is 9. The number of carbonyl (C=O) groups excluding carboxylic acids is 1. The predicted octanol–water partition coefficient (Wildman–Crippen LogP) is 3.09. The average molecular weight is 435 g/mol. The molecule has 0 aliphatic rings. The second kappa shape index (κ2) is 10.1. The maximum absolute atomic E-state index is 12.7. The van der Waals surface area contributed by atoms with E-state index in [1.807, 2.05) is 0 Å². The molecule has 162 valence electrons. The Morgan fingerprint density at radius 3 is 2.33 bits per heavy atom. The molecule has 0 aliphatic carbocycles. The molecule has 0 atom stereocenters.